The van der Waals surface area contributed by atoms with Crippen molar-refractivity contribution in [3.8, 4) is 5.75 Å². The molecule has 34 heavy (non-hydrogen) atoms. The number of likely N-dealkylation sites (N-methyl/N-ethyl adjacent to an activating group) is 1. The lowest BCUT2D eigenvalue weighted by Gasteiger charge is -2.34. The minimum absolute atomic E-state index is 0. The highest BCUT2D eigenvalue weighted by Crippen LogP contribution is 2.27. The van der Waals surface area contributed by atoms with Gasteiger partial charge in [0.1, 0.15) is 17.9 Å². The summed E-state index contributed by atoms with van der Waals surface area (Å²) in [5, 5.41) is 14.9. The number of aliphatic hydroxyl groups is 1. The predicted octanol–water partition coefficient (Wildman–Crippen LogP) is 2.13. The standard InChI is InChI=1S/C24H28N6O4.H2/c1-29-10-12-30(13-11-29)18-4-2-17(3-5-18)27-24(33)22-19(6-9-26-23(22)32)28-20-16-25-8-7-21(20)34-15-14-31;/h2-9,16,31H,10-15H2,1H3,(H,27,33)(H2,26,28,32);1H. The highest BCUT2D eigenvalue weighted by Gasteiger charge is 2.18. The lowest BCUT2D eigenvalue weighted by Crippen LogP contribution is -2.44. The topological polar surface area (TPSA) is 123 Å². The number of carbonyl (C=O) groups is 1. The zero-order valence-electron chi connectivity index (χ0n) is 19.0. The van der Waals surface area contributed by atoms with Crippen LogP contribution in [-0.4, -0.2) is 72.3 Å². The van der Waals surface area contributed by atoms with Gasteiger partial charge < -0.3 is 35.3 Å². The van der Waals surface area contributed by atoms with E-state index < -0.39 is 11.5 Å². The predicted molar refractivity (Wildman–Crippen MR) is 133 cm³/mol. The second-order valence-corrected chi connectivity index (χ2v) is 7.96. The molecule has 1 saturated heterocycles. The molecule has 10 heteroatoms. The summed E-state index contributed by atoms with van der Waals surface area (Å²) in [6.45, 7) is 3.88. The van der Waals surface area contributed by atoms with Gasteiger partial charge in [0.15, 0.2) is 0 Å². The van der Waals surface area contributed by atoms with Crippen molar-refractivity contribution in [1.29, 1.82) is 0 Å². The Morgan fingerprint density at radius 1 is 1.15 bits per heavy atom. The van der Waals surface area contributed by atoms with Crippen molar-refractivity contribution in [2.24, 2.45) is 0 Å². The van der Waals surface area contributed by atoms with Gasteiger partial charge in [0.2, 0.25) is 0 Å². The molecule has 1 aliphatic heterocycles. The maximum absolute atomic E-state index is 13.1. The Morgan fingerprint density at radius 2 is 1.91 bits per heavy atom. The van der Waals surface area contributed by atoms with Crippen molar-refractivity contribution in [2.75, 3.05) is 62.0 Å². The normalized spacial score (nSPS) is 14.0. The third-order valence-electron chi connectivity index (χ3n) is 5.58. The van der Waals surface area contributed by atoms with Crippen LogP contribution in [0.25, 0.3) is 0 Å². The molecule has 3 aromatic rings. The first-order chi connectivity index (χ1) is 16.5. The average molecular weight is 467 g/mol. The van der Waals surface area contributed by atoms with Crippen molar-refractivity contribution in [1.82, 2.24) is 14.9 Å². The van der Waals surface area contributed by atoms with E-state index in [1.54, 1.807) is 18.3 Å². The molecule has 0 radical (unpaired) electrons. The van der Waals surface area contributed by atoms with Gasteiger partial charge in [-0.25, -0.2) is 0 Å². The first-order valence-electron chi connectivity index (χ1n) is 11.1. The molecule has 0 unspecified atom stereocenters. The quantitative estimate of drug-likeness (QED) is 0.398. The molecule has 4 N–H and O–H groups in total. The Bertz CT molecular complexity index is 1180. The van der Waals surface area contributed by atoms with E-state index in [4.69, 9.17) is 9.84 Å². The Kier molecular flexibility index (Phi) is 7.41. The van der Waals surface area contributed by atoms with Crippen LogP contribution in [0.4, 0.5) is 22.7 Å². The van der Waals surface area contributed by atoms with E-state index in [0.717, 1.165) is 31.9 Å². The molecule has 0 spiro atoms. The van der Waals surface area contributed by atoms with Gasteiger partial charge in [-0.2, -0.15) is 0 Å². The number of pyridine rings is 2. The summed E-state index contributed by atoms with van der Waals surface area (Å²) in [5.74, 6) is -0.103. The van der Waals surface area contributed by atoms with Crippen molar-refractivity contribution < 1.29 is 16.1 Å². The van der Waals surface area contributed by atoms with Crippen LogP contribution in [0.3, 0.4) is 0 Å². The Balaban J connectivity index is 0.00000342. The number of nitrogens with one attached hydrogen (secondary N) is 3. The van der Waals surface area contributed by atoms with Crippen molar-refractivity contribution >= 4 is 28.7 Å². The molecule has 10 nitrogen and oxygen atoms in total. The molecule has 0 bridgehead atoms. The van der Waals surface area contributed by atoms with E-state index in [-0.39, 0.29) is 20.2 Å². The lowest BCUT2D eigenvalue weighted by atomic mass is 10.2. The number of rotatable bonds is 8. The molecule has 0 atom stereocenters. The molecular weight excluding hydrogens is 436 g/mol. The number of amides is 1. The van der Waals surface area contributed by atoms with Gasteiger partial charge in [-0.15, -0.1) is 0 Å². The molecule has 4 rings (SSSR count). The molecular formula is C24H30N6O4. The molecule has 0 saturated carbocycles. The first kappa shape index (κ1) is 23.3. The summed E-state index contributed by atoms with van der Waals surface area (Å²) in [5.41, 5.74) is 1.86. The third-order valence-corrected chi connectivity index (χ3v) is 5.58. The number of piperazine rings is 1. The van der Waals surface area contributed by atoms with Crippen LogP contribution < -0.4 is 25.8 Å². The zero-order valence-corrected chi connectivity index (χ0v) is 19.0. The molecule has 2 aromatic heterocycles. The van der Waals surface area contributed by atoms with E-state index in [1.165, 1.54) is 12.4 Å². The second-order valence-electron chi connectivity index (χ2n) is 7.96. The summed E-state index contributed by atoms with van der Waals surface area (Å²) in [6, 6.07) is 10.8. The minimum Gasteiger partial charge on any atom is -0.489 e. The molecule has 1 amide bonds. The number of carbonyl (C=O) groups excluding carboxylic acids is 1. The van der Waals surface area contributed by atoms with Crippen molar-refractivity contribution in [3.05, 3.63) is 70.9 Å². The van der Waals surface area contributed by atoms with E-state index >= 15 is 0 Å². The molecule has 0 aliphatic carbocycles. The Morgan fingerprint density at radius 3 is 2.65 bits per heavy atom. The van der Waals surface area contributed by atoms with Crippen LogP contribution in [0.15, 0.2) is 59.8 Å². The Hall–Kier alpha value is -3.89. The third kappa shape index (κ3) is 5.53. The van der Waals surface area contributed by atoms with Crippen molar-refractivity contribution in [2.45, 2.75) is 0 Å². The van der Waals surface area contributed by atoms with E-state index in [2.05, 4.69) is 37.4 Å². The fourth-order valence-electron chi connectivity index (χ4n) is 3.72. The number of benzene rings is 1. The van der Waals surface area contributed by atoms with Crippen LogP contribution >= 0.6 is 0 Å². The number of ether oxygens (including phenoxy) is 1. The smallest absolute Gasteiger partial charge is 0.263 e. The van der Waals surface area contributed by atoms with Gasteiger partial charge >= 0.3 is 0 Å². The van der Waals surface area contributed by atoms with Crippen LogP contribution in [0.2, 0.25) is 0 Å². The minimum atomic E-state index is -0.543. The average Bonchev–Trinajstić information content (AvgIpc) is 2.84. The number of nitrogens with zero attached hydrogens (tertiary/aromatic N) is 3. The van der Waals surface area contributed by atoms with Gasteiger partial charge in [0.25, 0.3) is 11.5 Å². The number of H-pyrrole nitrogens is 1. The number of aliphatic hydroxyl groups excluding tert-OH is 1. The fourth-order valence-corrected chi connectivity index (χ4v) is 3.72. The van der Waals surface area contributed by atoms with Crippen molar-refractivity contribution in [3.63, 3.8) is 0 Å². The van der Waals surface area contributed by atoms with Gasteiger partial charge in [-0.1, -0.05) is 0 Å². The van der Waals surface area contributed by atoms with Crippen LogP contribution in [0, 0.1) is 0 Å². The SMILES string of the molecule is CN1CCN(c2ccc(NC(=O)c3c(Nc4cnccc4OCCO)cc[nH]c3=O)cc2)CC1.[HH]. The summed E-state index contributed by atoms with van der Waals surface area (Å²) >= 11 is 0. The summed E-state index contributed by atoms with van der Waals surface area (Å²) < 4.78 is 5.51. The maximum Gasteiger partial charge on any atom is 0.263 e. The maximum atomic E-state index is 13.1. The largest absolute Gasteiger partial charge is 0.489 e. The highest BCUT2D eigenvalue weighted by atomic mass is 16.5. The number of aromatic amines is 1. The van der Waals surface area contributed by atoms with E-state index in [1.807, 2.05) is 24.3 Å². The fraction of sp³-hybridized carbons (Fsp3) is 0.292. The summed E-state index contributed by atoms with van der Waals surface area (Å²) in [7, 11) is 2.11. The molecule has 180 valence electrons. The van der Waals surface area contributed by atoms with Gasteiger partial charge in [-0.05, 0) is 37.4 Å². The van der Waals surface area contributed by atoms with E-state index in [0.29, 0.717) is 22.8 Å². The van der Waals surface area contributed by atoms with Gasteiger partial charge in [-0.3, -0.25) is 14.6 Å². The lowest BCUT2D eigenvalue weighted by molar-refractivity contribution is 0.102. The first-order valence-corrected chi connectivity index (χ1v) is 11.1. The van der Waals surface area contributed by atoms with Gasteiger partial charge in [0, 0.05) is 57.4 Å². The molecule has 3 heterocycles. The van der Waals surface area contributed by atoms with Gasteiger partial charge in [0.05, 0.1) is 24.2 Å². The monoisotopic (exact) mass is 466 g/mol. The number of hydrogen-bond donors (Lipinski definition) is 4. The second kappa shape index (κ2) is 10.8. The molecule has 1 aromatic carbocycles. The summed E-state index contributed by atoms with van der Waals surface area (Å²) in [4.78, 5) is 36.8. The Labute approximate surface area is 198 Å². The number of anilines is 4. The van der Waals surface area contributed by atoms with E-state index in [9.17, 15) is 9.59 Å². The zero-order chi connectivity index (χ0) is 23.9. The molecule has 1 fully saturated rings. The number of hydrogen-bond acceptors (Lipinski definition) is 8. The summed E-state index contributed by atoms with van der Waals surface area (Å²) in [6.07, 6.45) is 4.53. The highest BCUT2D eigenvalue weighted by molar-refractivity contribution is 6.08. The van der Waals surface area contributed by atoms with Crippen LogP contribution in [0.5, 0.6) is 5.75 Å². The number of aromatic nitrogens is 2. The molecule has 1 aliphatic rings. The van der Waals surface area contributed by atoms with Crippen LogP contribution in [-0.2, 0) is 0 Å². The van der Waals surface area contributed by atoms with Crippen LogP contribution in [0.1, 0.15) is 11.8 Å².